The van der Waals surface area contributed by atoms with Crippen molar-refractivity contribution in [2.45, 2.75) is 25.0 Å². The summed E-state index contributed by atoms with van der Waals surface area (Å²) in [5, 5.41) is 0. The Hall–Kier alpha value is -1.32. The van der Waals surface area contributed by atoms with Crippen molar-refractivity contribution in [1.29, 1.82) is 0 Å². The van der Waals surface area contributed by atoms with Crippen molar-refractivity contribution in [2.75, 3.05) is 30.9 Å². The van der Waals surface area contributed by atoms with Crippen LogP contribution in [-0.2, 0) is 14.8 Å². The fourth-order valence-corrected chi connectivity index (χ4v) is 3.97. The van der Waals surface area contributed by atoms with Crippen molar-refractivity contribution in [3.63, 3.8) is 0 Å². The smallest absolute Gasteiger partial charge is 0.225 e. The number of aromatic nitrogens is 2. The minimum absolute atomic E-state index is 0.139. The first-order valence-electron chi connectivity index (χ1n) is 7.24. The number of rotatable bonds is 3. The lowest BCUT2D eigenvalue weighted by molar-refractivity contribution is -0.0496. The van der Waals surface area contributed by atoms with Gasteiger partial charge in [-0.15, -0.1) is 0 Å². The zero-order chi connectivity index (χ0) is 15.7. The molecule has 0 spiro atoms. The van der Waals surface area contributed by atoms with Crippen LogP contribution in [0, 0.1) is 11.7 Å². The van der Waals surface area contributed by atoms with Crippen molar-refractivity contribution in [1.82, 2.24) is 14.7 Å². The molecular formula is C13H19FN4O3S. The van der Waals surface area contributed by atoms with Crippen molar-refractivity contribution in [3.8, 4) is 0 Å². The molecule has 0 saturated carbocycles. The molecule has 2 saturated heterocycles. The predicted octanol–water partition coefficient (Wildman–Crippen LogP) is 0.149. The monoisotopic (exact) mass is 330 g/mol. The number of nitrogens with one attached hydrogen (secondary N) is 1. The van der Waals surface area contributed by atoms with Gasteiger partial charge in [-0.3, -0.25) is 0 Å². The zero-order valence-electron chi connectivity index (χ0n) is 12.3. The number of anilines is 1. The van der Waals surface area contributed by atoms with Gasteiger partial charge in [0.25, 0.3) is 0 Å². The molecule has 0 aliphatic carbocycles. The number of ether oxygens (including phenoxy) is 1. The summed E-state index contributed by atoms with van der Waals surface area (Å²) in [5.74, 6) is 0.117. The van der Waals surface area contributed by atoms with Crippen molar-refractivity contribution < 1.29 is 17.5 Å². The van der Waals surface area contributed by atoms with Crippen LogP contribution in [0.1, 0.15) is 12.8 Å². The summed E-state index contributed by atoms with van der Waals surface area (Å²) in [6, 6.07) is -0.359. The summed E-state index contributed by atoms with van der Waals surface area (Å²) >= 11 is 0. The largest absolute Gasteiger partial charge is 0.376 e. The molecule has 1 aromatic heterocycles. The Bertz CT molecular complexity index is 625. The number of nitrogens with zero attached hydrogens (tertiary/aromatic N) is 3. The predicted molar refractivity (Wildman–Crippen MR) is 78.4 cm³/mol. The minimum atomic E-state index is -3.34. The Balaban J connectivity index is 1.83. The van der Waals surface area contributed by atoms with Gasteiger partial charge in [0.1, 0.15) is 0 Å². The molecule has 122 valence electrons. The maximum absolute atomic E-state index is 13.0. The van der Waals surface area contributed by atoms with Crippen molar-refractivity contribution in [3.05, 3.63) is 18.2 Å². The van der Waals surface area contributed by atoms with E-state index in [4.69, 9.17) is 4.74 Å². The molecule has 3 atom stereocenters. The van der Waals surface area contributed by atoms with E-state index in [0.29, 0.717) is 25.6 Å². The van der Waals surface area contributed by atoms with Gasteiger partial charge >= 0.3 is 0 Å². The maximum atomic E-state index is 13.0. The molecule has 7 nitrogen and oxygen atoms in total. The average Bonchev–Trinajstić information content (AvgIpc) is 2.46. The molecule has 3 heterocycles. The van der Waals surface area contributed by atoms with Crippen LogP contribution < -0.4 is 9.62 Å². The minimum Gasteiger partial charge on any atom is -0.376 e. The quantitative estimate of drug-likeness (QED) is 0.849. The second-order valence-electron chi connectivity index (χ2n) is 5.84. The molecular weight excluding hydrogens is 311 g/mol. The first-order valence-corrected chi connectivity index (χ1v) is 9.13. The molecule has 3 rings (SSSR count). The summed E-state index contributed by atoms with van der Waals surface area (Å²) in [6.07, 6.45) is 5.14. The molecule has 2 fully saturated rings. The summed E-state index contributed by atoms with van der Waals surface area (Å²) < 4.78 is 44.6. The molecule has 2 aliphatic heterocycles. The second kappa shape index (κ2) is 6.05. The average molecular weight is 330 g/mol. The van der Waals surface area contributed by atoms with Crippen LogP contribution in [0.4, 0.5) is 10.3 Å². The Morgan fingerprint density at radius 1 is 1.36 bits per heavy atom. The molecule has 0 amide bonds. The molecule has 9 heteroatoms. The highest BCUT2D eigenvalue weighted by atomic mass is 32.2. The maximum Gasteiger partial charge on any atom is 0.225 e. The lowest BCUT2D eigenvalue weighted by Gasteiger charge is -2.45. The van der Waals surface area contributed by atoms with Gasteiger partial charge in [0.05, 0.1) is 30.8 Å². The third-order valence-electron chi connectivity index (χ3n) is 4.02. The molecule has 22 heavy (non-hydrogen) atoms. The van der Waals surface area contributed by atoms with Crippen LogP contribution >= 0.6 is 0 Å². The van der Waals surface area contributed by atoms with Gasteiger partial charge in [-0.25, -0.2) is 27.5 Å². The number of hydrogen-bond donors (Lipinski definition) is 1. The summed E-state index contributed by atoms with van der Waals surface area (Å²) in [5.41, 5.74) is 0. The first-order chi connectivity index (χ1) is 10.4. The highest BCUT2D eigenvalue weighted by Gasteiger charge is 2.41. The number of fused-ring (bicyclic) bond motifs is 1. The highest BCUT2D eigenvalue weighted by Crippen LogP contribution is 2.30. The fourth-order valence-electron chi connectivity index (χ4n) is 3.22. The third kappa shape index (κ3) is 3.53. The molecule has 1 aromatic rings. The lowest BCUT2D eigenvalue weighted by atomic mass is 9.86. The van der Waals surface area contributed by atoms with E-state index in [0.717, 1.165) is 31.5 Å². The lowest BCUT2D eigenvalue weighted by Crippen LogP contribution is -2.61. The summed E-state index contributed by atoms with van der Waals surface area (Å²) in [4.78, 5) is 9.87. The van der Waals surface area contributed by atoms with E-state index in [2.05, 4.69) is 14.7 Å². The Labute approximate surface area is 128 Å². The standard InChI is InChI=1S/C13H19FN4O3S/c1-22(19,20)17-11-8-18(13-15-5-10(14)6-16-13)7-9-3-2-4-21-12(9)11/h5-6,9,11-12,17H,2-4,7-8H2,1H3/t9-,11+,12-/m0/s1. The van der Waals surface area contributed by atoms with Crippen LogP contribution in [-0.4, -0.2) is 56.5 Å². The van der Waals surface area contributed by atoms with Crippen molar-refractivity contribution >= 4 is 16.0 Å². The summed E-state index contributed by atoms with van der Waals surface area (Å²) in [6.45, 7) is 1.73. The third-order valence-corrected chi connectivity index (χ3v) is 4.75. The van der Waals surface area contributed by atoms with E-state index in [1.165, 1.54) is 0 Å². The zero-order valence-corrected chi connectivity index (χ0v) is 13.1. The van der Waals surface area contributed by atoms with Crippen LogP contribution in [0.2, 0.25) is 0 Å². The number of hydrogen-bond acceptors (Lipinski definition) is 6. The van der Waals surface area contributed by atoms with E-state index in [1.54, 1.807) is 0 Å². The Morgan fingerprint density at radius 3 is 2.77 bits per heavy atom. The van der Waals surface area contributed by atoms with Crippen molar-refractivity contribution in [2.24, 2.45) is 5.92 Å². The molecule has 1 N–H and O–H groups in total. The van der Waals surface area contributed by atoms with Gasteiger partial charge in [-0.2, -0.15) is 0 Å². The van der Waals surface area contributed by atoms with E-state index >= 15 is 0 Å². The Kier molecular flexibility index (Phi) is 4.28. The molecule has 0 bridgehead atoms. The van der Waals surface area contributed by atoms with Crippen LogP contribution in [0.15, 0.2) is 12.4 Å². The molecule has 2 aliphatic rings. The molecule has 0 radical (unpaired) electrons. The van der Waals surface area contributed by atoms with Crippen LogP contribution in [0.25, 0.3) is 0 Å². The van der Waals surface area contributed by atoms with Crippen LogP contribution in [0.5, 0.6) is 0 Å². The van der Waals surface area contributed by atoms with Gasteiger partial charge in [-0.1, -0.05) is 0 Å². The van der Waals surface area contributed by atoms with Gasteiger partial charge in [0.2, 0.25) is 16.0 Å². The normalized spacial score (nSPS) is 29.2. The van der Waals surface area contributed by atoms with Gasteiger partial charge in [0, 0.05) is 25.6 Å². The number of piperidine rings is 1. The SMILES string of the molecule is CS(=O)(=O)N[C@@H]1CN(c2ncc(F)cn2)C[C@@H]2CCCO[C@@H]21. The van der Waals surface area contributed by atoms with E-state index < -0.39 is 15.8 Å². The highest BCUT2D eigenvalue weighted by molar-refractivity contribution is 7.88. The number of halogens is 1. The van der Waals surface area contributed by atoms with Crippen LogP contribution in [0.3, 0.4) is 0 Å². The molecule has 0 unspecified atom stereocenters. The summed E-state index contributed by atoms with van der Waals surface area (Å²) in [7, 11) is -3.34. The van der Waals surface area contributed by atoms with E-state index in [-0.39, 0.29) is 18.1 Å². The van der Waals surface area contributed by atoms with Gasteiger partial charge in [0.15, 0.2) is 5.82 Å². The van der Waals surface area contributed by atoms with E-state index in [9.17, 15) is 12.8 Å². The fraction of sp³-hybridized carbons (Fsp3) is 0.692. The van der Waals surface area contributed by atoms with E-state index in [1.807, 2.05) is 4.90 Å². The first kappa shape index (κ1) is 15.6. The number of sulfonamides is 1. The second-order valence-corrected chi connectivity index (χ2v) is 7.62. The van der Waals surface area contributed by atoms with Gasteiger partial charge in [-0.05, 0) is 12.8 Å². The topological polar surface area (TPSA) is 84.4 Å². The van der Waals surface area contributed by atoms with Gasteiger partial charge < -0.3 is 9.64 Å². The Morgan fingerprint density at radius 2 is 2.09 bits per heavy atom. The molecule has 0 aromatic carbocycles.